The van der Waals surface area contributed by atoms with Crippen LogP contribution in [0.15, 0.2) is 18.3 Å². The first-order chi connectivity index (χ1) is 10.1. The lowest BCUT2D eigenvalue weighted by Crippen LogP contribution is -2.42. The van der Waals surface area contributed by atoms with Gasteiger partial charge in [0.05, 0.1) is 5.69 Å². The predicted molar refractivity (Wildman–Crippen MR) is 89.7 cm³/mol. The van der Waals surface area contributed by atoms with Crippen molar-refractivity contribution < 1.29 is 0 Å². The van der Waals surface area contributed by atoms with Gasteiger partial charge in [-0.15, -0.1) is 0 Å². The molecule has 0 saturated carbocycles. The number of aromatic nitrogens is 1. The molecule has 0 radical (unpaired) electrons. The molecular weight excluding hydrogens is 260 g/mol. The van der Waals surface area contributed by atoms with Crippen LogP contribution >= 0.6 is 0 Å². The van der Waals surface area contributed by atoms with Crippen LogP contribution in [0.5, 0.6) is 0 Å². The summed E-state index contributed by atoms with van der Waals surface area (Å²) in [5.74, 6) is 0.679. The zero-order valence-electron chi connectivity index (χ0n) is 14.0. The number of anilines is 1. The molecule has 1 aliphatic heterocycles. The van der Waals surface area contributed by atoms with Crippen LogP contribution in [0, 0.1) is 5.92 Å². The summed E-state index contributed by atoms with van der Waals surface area (Å²) in [6, 6.07) is 5.11. The summed E-state index contributed by atoms with van der Waals surface area (Å²) < 4.78 is 0. The molecule has 1 aliphatic rings. The molecule has 2 rings (SSSR count). The third kappa shape index (κ3) is 4.97. The van der Waals surface area contributed by atoms with Gasteiger partial charge in [-0.3, -0.25) is 4.98 Å². The lowest BCUT2D eigenvalue weighted by Gasteiger charge is -2.36. The highest BCUT2D eigenvalue weighted by molar-refractivity contribution is 5.47. The molecule has 1 aromatic rings. The second-order valence-corrected chi connectivity index (χ2v) is 6.71. The molecule has 0 aliphatic carbocycles. The number of hydrogen-bond acceptors (Lipinski definition) is 4. The molecular formula is C17H30N4. The maximum Gasteiger partial charge on any atom is 0.0562 e. The maximum atomic E-state index is 4.48. The molecule has 1 saturated heterocycles. The molecule has 0 bridgehead atoms. The Morgan fingerprint density at radius 2 is 2.05 bits per heavy atom. The summed E-state index contributed by atoms with van der Waals surface area (Å²) in [5.41, 5.74) is 2.46. The minimum absolute atomic E-state index is 0.679. The fourth-order valence-corrected chi connectivity index (χ4v) is 2.89. The van der Waals surface area contributed by atoms with Gasteiger partial charge in [0.1, 0.15) is 0 Å². The van der Waals surface area contributed by atoms with Crippen molar-refractivity contribution in [2.45, 2.75) is 39.3 Å². The van der Waals surface area contributed by atoms with E-state index in [4.69, 9.17) is 0 Å². The first-order valence-corrected chi connectivity index (χ1v) is 8.13. The largest absolute Gasteiger partial charge is 0.371 e. The van der Waals surface area contributed by atoms with Crippen LogP contribution < -0.4 is 10.2 Å². The Bertz CT molecular complexity index is 423. The molecule has 1 aromatic heterocycles. The quantitative estimate of drug-likeness (QED) is 0.871. The van der Waals surface area contributed by atoms with Gasteiger partial charge in [-0.05, 0) is 51.5 Å². The molecule has 1 fully saturated rings. The average molecular weight is 290 g/mol. The lowest BCUT2D eigenvalue weighted by molar-refractivity contribution is 0.249. The molecule has 2 heterocycles. The van der Waals surface area contributed by atoms with Crippen molar-refractivity contribution in [2.24, 2.45) is 5.92 Å². The van der Waals surface area contributed by atoms with Crippen LogP contribution in [0.2, 0.25) is 0 Å². The SMILES string of the molecule is CC(C)CNCc1cc(N2CCC(N(C)C)CC2)ccn1. The summed E-state index contributed by atoms with van der Waals surface area (Å²) in [6.45, 7) is 8.65. The van der Waals surface area contributed by atoms with E-state index in [-0.39, 0.29) is 0 Å². The van der Waals surface area contributed by atoms with Crippen molar-refractivity contribution in [2.75, 3.05) is 38.6 Å². The van der Waals surface area contributed by atoms with Gasteiger partial charge in [0.15, 0.2) is 0 Å². The van der Waals surface area contributed by atoms with E-state index >= 15 is 0 Å². The maximum absolute atomic E-state index is 4.48. The highest BCUT2D eigenvalue weighted by Crippen LogP contribution is 2.21. The molecule has 1 N–H and O–H groups in total. The molecule has 118 valence electrons. The van der Waals surface area contributed by atoms with E-state index in [0.717, 1.165) is 37.9 Å². The second kappa shape index (κ2) is 7.76. The molecule has 0 unspecified atom stereocenters. The lowest BCUT2D eigenvalue weighted by atomic mass is 10.0. The van der Waals surface area contributed by atoms with Gasteiger partial charge >= 0.3 is 0 Å². The summed E-state index contributed by atoms with van der Waals surface area (Å²) in [5, 5.41) is 3.47. The van der Waals surface area contributed by atoms with Gasteiger partial charge in [0, 0.05) is 37.6 Å². The molecule has 0 aromatic carbocycles. The van der Waals surface area contributed by atoms with E-state index in [1.807, 2.05) is 6.20 Å². The highest BCUT2D eigenvalue weighted by Gasteiger charge is 2.20. The molecule has 4 nitrogen and oxygen atoms in total. The van der Waals surface area contributed by atoms with Crippen LogP contribution in [-0.2, 0) is 6.54 Å². The first kappa shape index (κ1) is 16.2. The van der Waals surface area contributed by atoms with Gasteiger partial charge in [0.25, 0.3) is 0 Å². The normalized spacial score (nSPS) is 17.0. The van der Waals surface area contributed by atoms with Crippen molar-refractivity contribution >= 4 is 5.69 Å². The predicted octanol–water partition coefficient (Wildman–Crippen LogP) is 2.36. The third-order valence-electron chi connectivity index (χ3n) is 4.22. The van der Waals surface area contributed by atoms with Crippen LogP contribution in [0.3, 0.4) is 0 Å². The van der Waals surface area contributed by atoms with E-state index in [1.165, 1.54) is 18.5 Å². The average Bonchev–Trinajstić information content (AvgIpc) is 2.47. The minimum Gasteiger partial charge on any atom is -0.371 e. The van der Waals surface area contributed by atoms with Crippen molar-refractivity contribution in [1.82, 2.24) is 15.2 Å². The van der Waals surface area contributed by atoms with Crippen LogP contribution in [0.1, 0.15) is 32.4 Å². The number of nitrogens with one attached hydrogen (secondary N) is 1. The van der Waals surface area contributed by atoms with Crippen molar-refractivity contribution in [3.63, 3.8) is 0 Å². The third-order valence-corrected chi connectivity index (χ3v) is 4.22. The Morgan fingerprint density at radius 1 is 1.33 bits per heavy atom. The molecule has 4 heteroatoms. The van der Waals surface area contributed by atoms with E-state index in [9.17, 15) is 0 Å². The van der Waals surface area contributed by atoms with Gasteiger partial charge < -0.3 is 15.1 Å². The molecule has 0 spiro atoms. The zero-order valence-corrected chi connectivity index (χ0v) is 14.0. The number of hydrogen-bond donors (Lipinski definition) is 1. The van der Waals surface area contributed by atoms with E-state index in [1.54, 1.807) is 0 Å². The highest BCUT2D eigenvalue weighted by atomic mass is 15.2. The topological polar surface area (TPSA) is 31.4 Å². The number of rotatable bonds is 6. The van der Waals surface area contributed by atoms with Crippen molar-refractivity contribution in [1.29, 1.82) is 0 Å². The van der Waals surface area contributed by atoms with Crippen LogP contribution in [0.25, 0.3) is 0 Å². The van der Waals surface area contributed by atoms with Gasteiger partial charge in [-0.2, -0.15) is 0 Å². The molecule has 0 atom stereocenters. The zero-order chi connectivity index (χ0) is 15.2. The van der Waals surface area contributed by atoms with E-state index in [0.29, 0.717) is 5.92 Å². The smallest absolute Gasteiger partial charge is 0.0562 e. The second-order valence-electron chi connectivity index (χ2n) is 6.71. The first-order valence-electron chi connectivity index (χ1n) is 8.13. The molecule has 0 amide bonds. The summed E-state index contributed by atoms with van der Waals surface area (Å²) in [7, 11) is 4.37. The number of nitrogens with zero attached hydrogens (tertiary/aromatic N) is 3. The Labute approximate surface area is 129 Å². The fraction of sp³-hybridized carbons (Fsp3) is 0.706. The minimum atomic E-state index is 0.679. The van der Waals surface area contributed by atoms with E-state index < -0.39 is 0 Å². The van der Waals surface area contributed by atoms with Gasteiger partial charge in [-0.1, -0.05) is 13.8 Å². The summed E-state index contributed by atoms with van der Waals surface area (Å²) >= 11 is 0. The fourth-order valence-electron chi connectivity index (χ4n) is 2.89. The Balaban J connectivity index is 1.89. The van der Waals surface area contributed by atoms with Gasteiger partial charge in [0.2, 0.25) is 0 Å². The number of pyridine rings is 1. The van der Waals surface area contributed by atoms with Crippen molar-refractivity contribution in [3.8, 4) is 0 Å². The van der Waals surface area contributed by atoms with Crippen molar-refractivity contribution in [3.05, 3.63) is 24.0 Å². The standard InChI is InChI=1S/C17H30N4/c1-14(2)12-18-13-15-11-17(5-8-19-15)21-9-6-16(7-10-21)20(3)4/h5,8,11,14,16,18H,6-7,9-10,12-13H2,1-4H3. The van der Waals surface area contributed by atoms with Gasteiger partial charge in [-0.25, -0.2) is 0 Å². The summed E-state index contributed by atoms with van der Waals surface area (Å²) in [6.07, 6.45) is 4.44. The Hall–Kier alpha value is -1.13. The summed E-state index contributed by atoms with van der Waals surface area (Å²) in [4.78, 5) is 9.32. The molecule has 21 heavy (non-hydrogen) atoms. The Kier molecular flexibility index (Phi) is 6.00. The van der Waals surface area contributed by atoms with Crippen LogP contribution in [-0.4, -0.2) is 49.7 Å². The Morgan fingerprint density at radius 3 is 2.67 bits per heavy atom. The van der Waals surface area contributed by atoms with E-state index in [2.05, 4.69) is 60.2 Å². The van der Waals surface area contributed by atoms with Crippen LogP contribution in [0.4, 0.5) is 5.69 Å². The monoisotopic (exact) mass is 290 g/mol. The number of piperidine rings is 1.